The van der Waals surface area contributed by atoms with Crippen LogP contribution >= 0.6 is 11.3 Å². The van der Waals surface area contributed by atoms with Crippen LogP contribution in [-0.2, 0) is 0 Å². The second-order valence-corrected chi connectivity index (χ2v) is 5.49. The number of carbonyl (C=O) groups excluding carboxylic acids is 1. The first-order valence-corrected chi connectivity index (χ1v) is 7.04. The molecule has 2 heterocycles. The van der Waals surface area contributed by atoms with Gasteiger partial charge in [-0.3, -0.25) is 4.79 Å². The lowest BCUT2D eigenvalue weighted by molar-refractivity contribution is 0.101. The van der Waals surface area contributed by atoms with Crippen LogP contribution in [0.1, 0.15) is 21.9 Å². The van der Waals surface area contributed by atoms with Gasteiger partial charge in [-0.25, -0.2) is 4.98 Å². The van der Waals surface area contributed by atoms with Gasteiger partial charge in [0.2, 0.25) is 0 Å². The minimum atomic E-state index is -0.411. The number of hydrogen-bond acceptors (Lipinski definition) is 6. The Kier molecular flexibility index (Phi) is 3.44. The van der Waals surface area contributed by atoms with E-state index in [1.54, 1.807) is 0 Å². The number of aryl methyl sites for hydroxylation is 2. The Morgan fingerprint density at radius 3 is 2.67 bits per heavy atom. The minimum absolute atomic E-state index is 0.000291. The van der Waals surface area contributed by atoms with Crippen molar-refractivity contribution in [1.82, 2.24) is 25.6 Å². The van der Waals surface area contributed by atoms with Gasteiger partial charge in [0, 0.05) is 5.56 Å². The van der Waals surface area contributed by atoms with Crippen LogP contribution in [0.25, 0.3) is 10.6 Å². The third-order valence-electron chi connectivity index (χ3n) is 2.87. The minimum Gasteiger partial charge on any atom is -0.309 e. The van der Waals surface area contributed by atoms with Gasteiger partial charge >= 0.3 is 0 Å². The number of aromatic amines is 1. The predicted molar refractivity (Wildman–Crippen MR) is 79.2 cm³/mol. The smallest absolute Gasteiger partial charge is 0.297 e. The van der Waals surface area contributed by atoms with Crippen molar-refractivity contribution in [2.24, 2.45) is 0 Å². The third-order valence-corrected chi connectivity index (χ3v) is 3.99. The number of hydrogen-bond donors (Lipinski definition) is 2. The topological polar surface area (TPSA) is 96.5 Å². The van der Waals surface area contributed by atoms with Crippen LogP contribution in [0.15, 0.2) is 24.3 Å². The number of anilines is 1. The molecule has 0 aliphatic rings. The Bertz CT molecular complexity index is 763. The molecule has 7 nitrogen and oxygen atoms in total. The number of nitrogens with one attached hydrogen (secondary N) is 2. The summed E-state index contributed by atoms with van der Waals surface area (Å²) in [4.78, 5) is 16.4. The molecular formula is C13H12N6OS. The van der Waals surface area contributed by atoms with Crippen molar-refractivity contribution in [2.75, 3.05) is 5.32 Å². The summed E-state index contributed by atoms with van der Waals surface area (Å²) in [6.45, 7) is 3.88. The Balaban J connectivity index is 1.84. The van der Waals surface area contributed by atoms with Crippen LogP contribution in [0.2, 0.25) is 0 Å². The number of amides is 1. The van der Waals surface area contributed by atoms with Gasteiger partial charge in [0.05, 0.1) is 5.69 Å². The van der Waals surface area contributed by atoms with E-state index >= 15 is 0 Å². The summed E-state index contributed by atoms with van der Waals surface area (Å²) in [6.07, 6.45) is 0. The number of nitrogens with zero attached hydrogens (tertiary/aromatic N) is 4. The van der Waals surface area contributed by atoms with Gasteiger partial charge in [-0.15, -0.1) is 10.2 Å². The normalized spacial score (nSPS) is 10.6. The highest BCUT2D eigenvalue weighted by Gasteiger charge is 2.15. The molecule has 3 aromatic rings. The summed E-state index contributed by atoms with van der Waals surface area (Å²) in [5.41, 5.74) is 2.97. The molecule has 2 aromatic heterocycles. The molecule has 0 unspecified atom stereocenters. The summed E-state index contributed by atoms with van der Waals surface area (Å²) >= 11 is 1.41. The van der Waals surface area contributed by atoms with E-state index in [0.29, 0.717) is 5.00 Å². The van der Waals surface area contributed by atoms with E-state index in [1.807, 2.05) is 38.1 Å². The number of thiazole rings is 1. The average Bonchev–Trinajstić information content (AvgIpc) is 3.10. The zero-order valence-electron chi connectivity index (χ0n) is 11.4. The lowest BCUT2D eigenvalue weighted by Gasteiger charge is -1.98. The summed E-state index contributed by atoms with van der Waals surface area (Å²) in [5, 5.41) is 17.2. The maximum Gasteiger partial charge on any atom is 0.297 e. The van der Waals surface area contributed by atoms with Gasteiger partial charge in [-0.2, -0.15) is 5.21 Å². The summed E-state index contributed by atoms with van der Waals surface area (Å²) < 4.78 is 0. The lowest BCUT2D eigenvalue weighted by Crippen LogP contribution is -2.13. The van der Waals surface area contributed by atoms with Crippen LogP contribution in [-0.4, -0.2) is 31.5 Å². The molecule has 106 valence electrons. The van der Waals surface area contributed by atoms with Crippen molar-refractivity contribution in [3.05, 3.63) is 41.3 Å². The highest BCUT2D eigenvalue weighted by atomic mass is 32.1. The first-order valence-electron chi connectivity index (χ1n) is 6.23. The standard InChI is InChI=1S/C13H12N6OS/c1-7-3-5-9(6-4-7)13-14-8(2)12(21-13)15-11(20)10-16-18-19-17-10/h3-6H,1-2H3,(H,15,20)(H,16,17,18,19). The van der Waals surface area contributed by atoms with Crippen molar-refractivity contribution in [3.63, 3.8) is 0 Å². The number of carbonyl (C=O) groups is 1. The molecule has 1 amide bonds. The molecule has 0 saturated heterocycles. The largest absolute Gasteiger partial charge is 0.309 e. The maximum atomic E-state index is 11.9. The second-order valence-electron chi connectivity index (χ2n) is 4.49. The average molecular weight is 300 g/mol. The molecular weight excluding hydrogens is 288 g/mol. The van der Waals surface area contributed by atoms with Crippen molar-refractivity contribution < 1.29 is 4.79 Å². The molecule has 0 fully saturated rings. The van der Waals surface area contributed by atoms with Gasteiger partial charge in [0.1, 0.15) is 10.0 Å². The SMILES string of the molecule is Cc1ccc(-c2nc(C)c(NC(=O)c3nn[nH]n3)s2)cc1. The van der Waals surface area contributed by atoms with Gasteiger partial charge in [-0.1, -0.05) is 41.2 Å². The molecule has 8 heteroatoms. The van der Waals surface area contributed by atoms with Crippen molar-refractivity contribution in [2.45, 2.75) is 13.8 Å². The summed E-state index contributed by atoms with van der Waals surface area (Å²) in [6, 6.07) is 8.09. The Morgan fingerprint density at radius 1 is 1.24 bits per heavy atom. The van der Waals surface area contributed by atoms with E-state index in [4.69, 9.17) is 0 Å². The van der Waals surface area contributed by atoms with Crippen molar-refractivity contribution in [1.29, 1.82) is 0 Å². The molecule has 21 heavy (non-hydrogen) atoms. The van der Waals surface area contributed by atoms with Crippen LogP contribution < -0.4 is 5.32 Å². The van der Waals surface area contributed by atoms with Crippen LogP contribution in [0, 0.1) is 13.8 Å². The highest BCUT2D eigenvalue weighted by Crippen LogP contribution is 2.31. The molecule has 0 atom stereocenters. The highest BCUT2D eigenvalue weighted by molar-refractivity contribution is 7.19. The van der Waals surface area contributed by atoms with Crippen LogP contribution in [0.5, 0.6) is 0 Å². The monoisotopic (exact) mass is 300 g/mol. The summed E-state index contributed by atoms with van der Waals surface area (Å²) in [7, 11) is 0. The Hall–Kier alpha value is -2.61. The van der Waals surface area contributed by atoms with E-state index in [2.05, 4.69) is 30.9 Å². The fraction of sp³-hybridized carbons (Fsp3) is 0.154. The van der Waals surface area contributed by atoms with E-state index in [1.165, 1.54) is 16.9 Å². The summed E-state index contributed by atoms with van der Waals surface area (Å²) in [5.74, 6) is -0.411. The maximum absolute atomic E-state index is 11.9. The predicted octanol–water partition coefficient (Wildman–Crippen LogP) is 2.19. The lowest BCUT2D eigenvalue weighted by atomic mass is 10.2. The van der Waals surface area contributed by atoms with E-state index in [0.717, 1.165) is 16.3 Å². The molecule has 2 N–H and O–H groups in total. The molecule has 0 spiro atoms. The molecule has 0 aliphatic carbocycles. The third kappa shape index (κ3) is 2.79. The van der Waals surface area contributed by atoms with Crippen LogP contribution in [0.3, 0.4) is 0 Å². The number of rotatable bonds is 3. The van der Waals surface area contributed by atoms with Gasteiger partial charge < -0.3 is 5.32 Å². The molecule has 0 bridgehead atoms. The first kappa shape index (κ1) is 13.4. The van der Waals surface area contributed by atoms with E-state index < -0.39 is 5.91 Å². The quantitative estimate of drug-likeness (QED) is 0.773. The van der Waals surface area contributed by atoms with E-state index in [-0.39, 0.29) is 5.82 Å². The van der Waals surface area contributed by atoms with Gasteiger partial charge in [0.25, 0.3) is 11.7 Å². The molecule has 3 rings (SSSR count). The number of H-pyrrole nitrogens is 1. The van der Waals surface area contributed by atoms with Gasteiger partial charge in [0.15, 0.2) is 0 Å². The first-order chi connectivity index (χ1) is 10.1. The molecule has 0 aliphatic heterocycles. The Labute approximate surface area is 124 Å². The Morgan fingerprint density at radius 2 is 2.00 bits per heavy atom. The van der Waals surface area contributed by atoms with E-state index in [9.17, 15) is 4.79 Å². The zero-order chi connectivity index (χ0) is 14.8. The number of aromatic nitrogens is 5. The second kappa shape index (κ2) is 5.41. The fourth-order valence-corrected chi connectivity index (χ4v) is 2.72. The van der Waals surface area contributed by atoms with Crippen LogP contribution in [0.4, 0.5) is 5.00 Å². The van der Waals surface area contributed by atoms with Gasteiger partial charge in [-0.05, 0) is 19.1 Å². The van der Waals surface area contributed by atoms with Crippen molar-refractivity contribution >= 4 is 22.2 Å². The zero-order valence-corrected chi connectivity index (χ0v) is 12.2. The number of benzene rings is 1. The molecule has 1 aromatic carbocycles. The van der Waals surface area contributed by atoms with Crippen molar-refractivity contribution in [3.8, 4) is 10.6 Å². The molecule has 0 saturated carbocycles. The number of tetrazole rings is 1. The molecule has 0 radical (unpaired) electrons. The fourth-order valence-electron chi connectivity index (χ4n) is 1.75.